The van der Waals surface area contributed by atoms with Crippen LogP contribution in [-0.2, 0) is 30.9 Å². The summed E-state index contributed by atoms with van der Waals surface area (Å²) in [5.41, 5.74) is 2.80. The molecule has 0 atom stereocenters. The number of aryl methyl sites for hydroxylation is 1. The zero-order valence-electron chi connectivity index (χ0n) is 21.5. The highest BCUT2D eigenvalue weighted by molar-refractivity contribution is 5.88. The maximum Gasteiger partial charge on any atom is 0.433 e. The third kappa shape index (κ3) is 4.78. The first-order valence-corrected chi connectivity index (χ1v) is 12.2. The fourth-order valence-electron chi connectivity index (χ4n) is 4.78. The number of benzene rings is 1. The summed E-state index contributed by atoms with van der Waals surface area (Å²) in [5, 5.41) is 1.07. The molecule has 10 heteroatoms. The van der Waals surface area contributed by atoms with Crippen molar-refractivity contribution in [1.82, 2.24) is 19.0 Å². The third-order valence-corrected chi connectivity index (χ3v) is 6.63. The summed E-state index contributed by atoms with van der Waals surface area (Å²) >= 11 is 0. The summed E-state index contributed by atoms with van der Waals surface area (Å²) in [6.45, 7) is 6.51. The van der Waals surface area contributed by atoms with Crippen LogP contribution in [0.5, 0.6) is 0 Å². The first kappa shape index (κ1) is 25.6. The predicted octanol–water partition coefficient (Wildman–Crippen LogP) is 5.70. The number of aromatic nitrogens is 3. The van der Waals surface area contributed by atoms with Gasteiger partial charge >= 0.3 is 12.3 Å². The number of amides is 1. The predicted molar refractivity (Wildman–Crippen MR) is 137 cm³/mol. The molecule has 1 amide bonds. The molecule has 7 nitrogen and oxygen atoms in total. The topological polar surface area (TPSA) is 69.4 Å². The van der Waals surface area contributed by atoms with Crippen molar-refractivity contribution in [3.63, 3.8) is 0 Å². The van der Waals surface area contributed by atoms with Gasteiger partial charge in [0.05, 0.1) is 17.7 Å². The molecule has 0 aliphatic carbocycles. The van der Waals surface area contributed by atoms with Crippen LogP contribution in [0.1, 0.15) is 37.7 Å². The molecule has 0 fully saturated rings. The van der Waals surface area contributed by atoms with Crippen LogP contribution in [0.2, 0.25) is 0 Å². The summed E-state index contributed by atoms with van der Waals surface area (Å²) in [7, 11) is 1.94. The first-order chi connectivity index (χ1) is 17.8. The average molecular weight is 525 g/mol. The van der Waals surface area contributed by atoms with E-state index in [1.165, 1.54) is 22.3 Å². The molecule has 0 spiro atoms. The quantitative estimate of drug-likeness (QED) is 0.337. The molecule has 4 aromatic rings. The summed E-state index contributed by atoms with van der Waals surface area (Å²) in [4.78, 5) is 30.8. The number of rotatable bonds is 2. The molecule has 0 bridgehead atoms. The molecule has 0 saturated carbocycles. The number of hydrogen-bond acceptors (Lipinski definition) is 4. The summed E-state index contributed by atoms with van der Waals surface area (Å²) in [5.74, 6) is 0. The van der Waals surface area contributed by atoms with Crippen LogP contribution in [0.25, 0.3) is 27.7 Å². The molecule has 3 aromatic heterocycles. The minimum atomic E-state index is -4.52. The van der Waals surface area contributed by atoms with Gasteiger partial charge in [0.1, 0.15) is 11.3 Å². The second kappa shape index (κ2) is 9.04. The van der Waals surface area contributed by atoms with E-state index in [-0.39, 0.29) is 11.7 Å². The Kier molecular flexibility index (Phi) is 6.08. The molecule has 1 aliphatic heterocycles. The number of pyridine rings is 2. The van der Waals surface area contributed by atoms with Crippen LogP contribution in [0, 0.1) is 0 Å². The largest absolute Gasteiger partial charge is 0.444 e. The van der Waals surface area contributed by atoms with Gasteiger partial charge in [-0.1, -0.05) is 12.1 Å². The van der Waals surface area contributed by atoms with Crippen LogP contribution in [-0.4, -0.2) is 37.3 Å². The van der Waals surface area contributed by atoms with Crippen molar-refractivity contribution in [2.75, 3.05) is 6.54 Å². The molecule has 198 valence electrons. The number of fused-ring (bicyclic) bond motifs is 3. The summed E-state index contributed by atoms with van der Waals surface area (Å²) < 4.78 is 47.5. The van der Waals surface area contributed by atoms with E-state index >= 15 is 0 Å². The van der Waals surface area contributed by atoms with Crippen LogP contribution in [0.4, 0.5) is 18.0 Å². The zero-order valence-corrected chi connectivity index (χ0v) is 21.5. The van der Waals surface area contributed by atoms with Crippen molar-refractivity contribution in [2.45, 2.75) is 45.5 Å². The van der Waals surface area contributed by atoms with Gasteiger partial charge in [-0.2, -0.15) is 13.2 Å². The van der Waals surface area contributed by atoms with Crippen molar-refractivity contribution in [3.8, 4) is 16.8 Å². The highest BCUT2D eigenvalue weighted by Gasteiger charge is 2.32. The van der Waals surface area contributed by atoms with E-state index in [1.54, 1.807) is 17.2 Å². The van der Waals surface area contributed by atoms with Crippen LogP contribution >= 0.6 is 0 Å². The lowest BCUT2D eigenvalue weighted by Gasteiger charge is -2.30. The van der Waals surface area contributed by atoms with Crippen molar-refractivity contribution in [1.29, 1.82) is 0 Å². The number of hydrogen-bond donors (Lipinski definition) is 0. The minimum absolute atomic E-state index is 0.322. The molecular formula is C28H27F3N4O3. The van der Waals surface area contributed by atoms with Gasteiger partial charge in [-0.15, -0.1) is 0 Å². The number of alkyl halides is 3. The van der Waals surface area contributed by atoms with E-state index in [1.807, 2.05) is 50.6 Å². The average Bonchev–Trinajstić information content (AvgIpc) is 3.13. The number of nitrogens with zero attached hydrogens (tertiary/aromatic N) is 4. The number of halogens is 3. The normalized spacial score (nSPS) is 14.0. The van der Waals surface area contributed by atoms with Crippen molar-refractivity contribution in [2.24, 2.45) is 7.05 Å². The van der Waals surface area contributed by atoms with E-state index in [9.17, 15) is 22.8 Å². The third-order valence-electron chi connectivity index (χ3n) is 6.63. The summed E-state index contributed by atoms with van der Waals surface area (Å²) in [6.07, 6.45) is -1.46. The smallest absolute Gasteiger partial charge is 0.433 e. The molecule has 4 heterocycles. The molecule has 0 radical (unpaired) electrons. The number of carbonyl (C=O) groups excluding carboxylic acids is 1. The van der Waals surface area contributed by atoms with Gasteiger partial charge in [0.2, 0.25) is 0 Å². The first-order valence-electron chi connectivity index (χ1n) is 12.2. The fourth-order valence-corrected chi connectivity index (χ4v) is 4.78. The SMILES string of the molecule is Cn1c2c(c3ccc(-n4ccc(-c5ccc(C(F)(F)F)nc5)cc4=O)cc31)CCN(C(=O)OC(C)(C)C)C2. The van der Waals surface area contributed by atoms with Crippen LogP contribution in [0.3, 0.4) is 0 Å². The van der Waals surface area contributed by atoms with Crippen LogP contribution < -0.4 is 5.56 Å². The van der Waals surface area contributed by atoms with Crippen molar-refractivity contribution >= 4 is 17.0 Å². The van der Waals surface area contributed by atoms with E-state index < -0.39 is 17.5 Å². The monoisotopic (exact) mass is 524 g/mol. The lowest BCUT2D eigenvalue weighted by atomic mass is 10.0. The minimum Gasteiger partial charge on any atom is -0.444 e. The van der Waals surface area contributed by atoms with E-state index in [2.05, 4.69) is 4.98 Å². The Bertz CT molecular complexity index is 1600. The second-order valence-corrected chi connectivity index (χ2v) is 10.4. The van der Waals surface area contributed by atoms with Crippen LogP contribution in [0.15, 0.2) is 59.7 Å². The van der Waals surface area contributed by atoms with E-state index in [0.29, 0.717) is 36.3 Å². The molecule has 1 aromatic carbocycles. The molecule has 38 heavy (non-hydrogen) atoms. The van der Waals surface area contributed by atoms with Gasteiger partial charge in [0.25, 0.3) is 5.56 Å². The molecular weight excluding hydrogens is 497 g/mol. The second-order valence-electron chi connectivity index (χ2n) is 10.4. The molecule has 1 aliphatic rings. The Morgan fingerprint density at radius 3 is 2.42 bits per heavy atom. The van der Waals surface area contributed by atoms with E-state index in [0.717, 1.165) is 28.9 Å². The fraction of sp³-hybridized carbons (Fsp3) is 0.321. The van der Waals surface area contributed by atoms with Gasteiger partial charge < -0.3 is 14.2 Å². The van der Waals surface area contributed by atoms with Gasteiger partial charge in [-0.3, -0.25) is 14.3 Å². The van der Waals surface area contributed by atoms with Gasteiger partial charge in [0, 0.05) is 48.7 Å². The molecule has 0 N–H and O–H groups in total. The maximum absolute atomic E-state index is 13.0. The number of carbonyl (C=O) groups is 1. The standard InChI is InChI=1S/C28H27F3N4O3/c1-27(2,3)38-26(37)34-11-10-21-20-7-6-19(14-22(20)33(4)23(21)16-34)35-12-9-17(13-25(35)36)18-5-8-24(32-15-18)28(29,30)31/h5-9,12-15H,10-11,16H2,1-4H3. The Balaban J connectivity index is 1.44. The highest BCUT2D eigenvalue weighted by atomic mass is 19.4. The van der Waals surface area contributed by atoms with Crippen molar-refractivity contribution in [3.05, 3.63) is 82.2 Å². The van der Waals surface area contributed by atoms with Gasteiger partial charge in [-0.05, 0) is 62.6 Å². The zero-order chi connectivity index (χ0) is 27.4. The summed E-state index contributed by atoms with van der Waals surface area (Å²) in [6, 6.07) is 11.0. The van der Waals surface area contributed by atoms with Crippen molar-refractivity contribution < 1.29 is 22.7 Å². The Morgan fingerprint density at radius 1 is 1.03 bits per heavy atom. The molecule has 0 saturated heterocycles. The van der Waals surface area contributed by atoms with E-state index in [4.69, 9.17) is 4.74 Å². The van der Waals surface area contributed by atoms with Gasteiger partial charge in [-0.25, -0.2) is 4.79 Å². The Labute approximate surface area is 217 Å². The lowest BCUT2D eigenvalue weighted by molar-refractivity contribution is -0.141. The molecule has 0 unspecified atom stereocenters. The lowest BCUT2D eigenvalue weighted by Crippen LogP contribution is -2.40. The number of ether oxygens (including phenoxy) is 1. The Hall–Kier alpha value is -4.08. The van der Waals surface area contributed by atoms with Gasteiger partial charge in [0.15, 0.2) is 0 Å². The maximum atomic E-state index is 13.0. The highest BCUT2D eigenvalue weighted by Crippen LogP contribution is 2.32. The molecule has 5 rings (SSSR count). The Morgan fingerprint density at radius 2 is 1.79 bits per heavy atom.